The normalized spacial score (nSPS) is 12.1. The van der Waals surface area contributed by atoms with Crippen LogP contribution in [-0.2, 0) is 4.74 Å². The van der Waals surface area contributed by atoms with Crippen LogP contribution in [0, 0.1) is 11.3 Å². The number of hydrogen-bond acceptors (Lipinski definition) is 2. The van der Waals surface area contributed by atoms with Crippen LogP contribution in [0.15, 0.2) is 24.3 Å². The quantitative estimate of drug-likeness (QED) is 0.764. The van der Waals surface area contributed by atoms with Crippen molar-refractivity contribution >= 4 is 11.6 Å². The van der Waals surface area contributed by atoms with E-state index in [0.717, 1.165) is 5.56 Å². The Bertz CT molecular complexity index is 315. The molecule has 0 radical (unpaired) electrons. The van der Waals surface area contributed by atoms with Crippen molar-refractivity contribution in [2.45, 2.75) is 12.3 Å². The molecule has 0 aromatic heterocycles. The van der Waals surface area contributed by atoms with Crippen LogP contribution in [-0.4, -0.2) is 13.7 Å². The summed E-state index contributed by atoms with van der Waals surface area (Å²) in [7, 11) is 1.64. The monoisotopic (exact) mass is 209 g/mol. The SMILES string of the molecule is COCCC(C#N)c1ccc(Cl)cc1. The Kier molecular flexibility index (Phi) is 4.45. The molecule has 1 unspecified atom stereocenters. The number of nitriles is 1. The summed E-state index contributed by atoms with van der Waals surface area (Å²) >= 11 is 5.76. The highest BCUT2D eigenvalue weighted by Gasteiger charge is 2.09. The van der Waals surface area contributed by atoms with Crippen molar-refractivity contribution in [1.82, 2.24) is 0 Å². The Balaban J connectivity index is 2.70. The van der Waals surface area contributed by atoms with Gasteiger partial charge in [-0.15, -0.1) is 0 Å². The van der Waals surface area contributed by atoms with E-state index in [1.807, 2.05) is 12.1 Å². The highest BCUT2D eigenvalue weighted by atomic mass is 35.5. The zero-order chi connectivity index (χ0) is 10.4. The predicted octanol–water partition coefficient (Wildman–Crippen LogP) is 2.98. The largest absolute Gasteiger partial charge is 0.385 e. The van der Waals surface area contributed by atoms with Crippen molar-refractivity contribution in [2.24, 2.45) is 0 Å². The molecule has 1 aromatic rings. The molecule has 0 amide bonds. The maximum atomic E-state index is 8.94. The minimum absolute atomic E-state index is 0.104. The van der Waals surface area contributed by atoms with Crippen molar-refractivity contribution in [1.29, 1.82) is 5.26 Å². The number of ether oxygens (including phenoxy) is 1. The van der Waals surface area contributed by atoms with Gasteiger partial charge in [0.2, 0.25) is 0 Å². The molecule has 0 aliphatic heterocycles. The molecule has 74 valence electrons. The van der Waals surface area contributed by atoms with Gasteiger partial charge in [0.05, 0.1) is 12.0 Å². The van der Waals surface area contributed by atoms with Gasteiger partial charge in [-0.3, -0.25) is 0 Å². The molecule has 0 saturated heterocycles. The molecule has 0 heterocycles. The minimum Gasteiger partial charge on any atom is -0.385 e. The fourth-order valence-electron chi connectivity index (χ4n) is 1.24. The fraction of sp³-hybridized carbons (Fsp3) is 0.364. The lowest BCUT2D eigenvalue weighted by atomic mass is 9.98. The van der Waals surface area contributed by atoms with E-state index < -0.39 is 0 Å². The van der Waals surface area contributed by atoms with Gasteiger partial charge in [-0.25, -0.2) is 0 Å². The molecule has 2 nitrogen and oxygen atoms in total. The molecule has 1 aromatic carbocycles. The van der Waals surface area contributed by atoms with E-state index in [1.165, 1.54) is 0 Å². The van der Waals surface area contributed by atoms with Gasteiger partial charge >= 0.3 is 0 Å². The Hall–Kier alpha value is -1.04. The third kappa shape index (κ3) is 3.02. The Morgan fingerprint density at radius 3 is 2.57 bits per heavy atom. The Morgan fingerprint density at radius 1 is 1.43 bits per heavy atom. The number of nitrogens with zero attached hydrogens (tertiary/aromatic N) is 1. The lowest BCUT2D eigenvalue weighted by molar-refractivity contribution is 0.192. The molecule has 1 rings (SSSR count). The first-order chi connectivity index (χ1) is 6.77. The summed E-state index contributed by atoms with van der Waals surface area (Å²) in [6.07, 6.45) is 0.717. The van der Waals surface area contributed by atoms with Gasteiger partial charge in [0.25, 0.3) is 0 Å². The predicted molar refractivity (Wildman–Crippen MR) is 56.3 cm³/mol. The van der Waals surface area contributed by atoms with Gasteiger partial charge < -0.3 is 4.74 Å². The lowest BCUT2D eigenvalue weighted by Crippen LogP contribution is -2.00. The van der Waals surface area contributed by atoms with Gasteiger partial charge in [-0.05, 0) is 24.1 Å². The van der Waals surface area contributed by atoms with Crippen LogP contribution in [0.2, 0.25) is 5.02 Å². The van der Waals surface area contributed by atoms with Crippen molar-refractivity contribution in [2.75, 3.05) is 13.7 Å². The minimum atomic E-state index is -0.104. The van der Waals surface area contributed by atoms with Crippen molar-refractivity contribution in [3.05, 3.63) is 34.9 Å². The van der Waals surface area contributed by atoms with Gasteiger partial charge in [0, 0.05) is 18.7 Å². The van der Waals surface area contributed by atoms with Crippen LogP contribution in [0.3, 0.4) is 0 Å². The fourth-order valence-corrected chi connectivity index (χ4v) is 1.36. The lowest BCUT2D eigenvalue weighted by Gasteiger charge is -2.08. The smallest absolute Gasteiger partial charge is 0.0734 e. The van der Waals surface area contributed by atoms with Crippen LogP contribution >= 0.6 is 11.6 Å². The second kappa shape index (κ2) is 5.64. The molecule has 14 heavy (non-hydrogen) atoms. The molecular weight excluding hydrogens is 198 g/mol. The maximum Gasteiger partial charge on any atom is 0.0734 e. The third-order valence-corrected chi connectivity index (χ3v) is 2.29. The van der Waals surface area contributed by atoms with Crippen molar-refractivity contribution < 1.29 is 4.74 Å². The number of methoxy groups -OCH3 is 1. The summed E-state index contributed by atoms with van der Waals surface area (Å²) in [5, 5.41) is 9.63. The van der Waals surface area contributed by atoms with Gasteiger partial charge in [-0.1, -0.05) is 23.7 Å². The zero-order valence-corrected chi connectivity index (χ0v) is 8.79. The van der Waals surface area contributed by atoms with E-state index in [4.69, 9.17) is 21.6 Å². The van der Waals surface area contributed by atoms with Gasteiger partial charge in [-0.2, -0.15) is 5.26 Å². The summed E-state index contributed by atoms with van der Waals surface area (Å²) in [5.74, 6) is -0.104. The summed E-state index contributed by atoms with van der Waals surface area (Å²) in [6.45, 7) is 0.598. The molecular formula is C11H12ClNO. The van der Waals surface area contributed by atoms with Crippen molar-refractivity contribution in [3.8, 4) is 6.07 Å². The van der Waals surface area contributed by atoms with E-state index in [0.29, 0.717) is 18.1 Å². The molecule has 0 N–H and O–H groups in total. The van der Waals surface area contributed by atoms with E-state index in [-0.39, 0.29) is 5.92 Å². The Morgan fingerprint density at radius 2 is 2.07 bits per heavy atom. The van der Waals surface area contributed by atoms with E-state index in [9.17, 15) is 0 Å². The van der Waals surface area contributed by atoms with Crippen LogP contribution in [0.25, 0.3) is 0 Å². The van der Waals surface area contributed by atoms with Crippen molar-refractivity contribution in [3.63, 3.8) is 0 Å². The second-order valence-electron chi connectivity index (χ2n) is 3.01. The van der Waals surface area contributed by atoms with Gasteiger partial charge in [0.15, 0.2) is 0 Å². The second-order valence-corrected chi connectivity index (χ2v) is 3.45. The molecule has 0 saturated carbocycles. The van der Waals surface area contributed by atoms with Crippen LogP contribution in [0.1, 0.15) is 17.9 Å². The molecule has 0 bridgehead atoms. The maximum absolute atomic E-state index is 8.94. The summed E-state index contributed by atoms with van der Waals surface area (Å²) in [6, 6.07) is 9.61. The van der Waals surface area contributed by atoms with E-state index >= 15 is 0 Å². The first kappa shape index (κ1) is 11.0. The average molecular weight is 210 g/mol. The van der Waals surface area contributed by atoms with E-state index in [1.54, 1.807) is 19.2 Å². The molecule has 1 atom stereocenters. The first-order valence-corrected chi connectivity index (χ1v) is 4.79. The highest BCUT2D eigenvalue weighted by molar-refractivity contribution is 6.30. The number of benzene rings is 1. The number of rotatable bonds is 4. The molecule has 0 fully saturated rings. The summed E-state index contributed by atoms with van der Waals surface area (Å²) in [4.78, 5) is 0. The standard InChI is InChI=1S/C11H12ClNO/c1-14-7-6-10(8-13)9-2-4-11(12)5-3-9/h2-5,10H,6-7H2,1H3. The number of hydrogen-bond donors (Lipinski definition) is 0. The summed E-state index contributed by atoms with van der Waals surface area (Å²) < 4.78 is 4.94. The molecule has 0 aliphatic carbocycles. The highest BCUT2D eigenvalue weighted by Crippen LogP contribution is 2.20. The van der Waals surface area contributed by atoms with Crippen LogP contribution < -0.4 is 0 Å². The number of halogens is 1. The van der Waals surface area contributed by atoms with Gasteiger partial charge in [0.1, 0.15) is 0 Å². The zero-order valence-electron chi connectivity index (χ0n) is 8.03. The summed E-state index contributed by atoms with van der Waals surface area (Å²) in [5.41, 5.74) is 0.994. The van der Waals surface area contributed by atoms with Crippen LogP contribution in [0.4, 0.5) is 0 Å². The van der Waals surface area contributed by atoms with Crippen LogP contribution in [0.5, 0.6) is 0 Å². The average Bonchev–Trinajstić information content (AvgIpc) is 2.21. The first-order valence-electron chi connectivity index (χ1n) is 4.42. The topological polar surface area (TPSA) is 33.0 Å². The Labute approximate surface area is 89.1 Å². The third-order valence-electron chi connectivity index (χ3n) is 2.04. The molecule has 0 spiro atoms. The molecule has 0 aliphatic rings. The molecule has 3 heteroatoms. The van der Waals surface area contributed by atoms with E-state index in [2.05, 4.69) is 6.07 Å².